The first-order valence-corrected chi connectivity index (χ1v) is 7.57. The van der Waals surface area contributed by atoms with Gasteiger partial charge in [0.25, 0.3) is 0 Å². The maximum Gasteiger partial charge on any atom is 0.137 e. The molecule has 0 aliphatic carbocycles. The number of pyridine rings is 1. The molecule has 0 bridgehead atoms. The summed E-state index contributed by atoms with van der Waals surface area (Å²) in [5, 5.41) is 0.672. The van der Waals surface area contributed by atoms with Crippen molar-refractivity contribution in [3.63, 3.8) is 0 Å². The predicted molar refractivity (Wildman–Crippen MR) is 85.2 cm³/mol. The molecule has 0 saturated heterocycles. The van der Waals surface area contributed by atoms with Crippen LogP contribution < -0.4 is 10.5 Å². The Balaban J connectivity index is 2.26. The van der Waals surface area contributed by atoms with Gasteiger partial charge in [0.15, 0.2) is 0 Å². The molecular weight excluding hydrogens is 340 g/mol. The Kier molecular flexibility index (Phi) is 5.40. The molecule has 1 atom stereocenters. The van der Waals surface area contributed by atoms with Crippen molar-refractivity contribution < 1.29 is 4.74 Å². The highest BCUT2D eigenvalue weighted by atomic mass is 79.9. The minimum absolute atomic E-state index is 0.278. The fourth-order valence-electron chi connectivity index (χ4n) is 1.84. The van der Waals surface area contributed by atoms with Crippen LogP contribution in [0.2, 0.25) is 5.02 Å². The van der Waals surface area contributed by atoms with Crippen LogP contribution in [0.15, 0.2) is 41.1 Å². The minimum Gasteiger partial charge on any atom is -0.492 e. The van der Waals surface area contributed by atoms with Gasteiger partial charge in [0.05, 0.1) is 18.8 Å². The summed E-state index contributed by atoms with van der Waals surface area (Å²) in [6.07, 6.45) is 4.41. The number of rotatable bonds is 5. The highest BCUT2D eigenvalue weighted by Crippen LogP contribution is 2.30. The van der Waals surface area contributed by atoms with E-state index in [0.29, 0.717) is 11.6 Å². The van der Waals surface area contributed by atoms with Gasteiger partial charge in [-0.3, -0.25) is 4.98 Å². The Bertz CT molecular complexity index is 592. The lowest BCUT2D eigenvalue weighted by molar-refractivity contribution is 0.315. The lowest BCUT2D eigenvalue weighted by Crippen LogP contribution is -2.13. The number of halogens is 2. The van der Waals surface area contributed by atoms with Gasteiger partial charge in [0.1, 0.15) is 5.75 Å². The normalized spacial score (nSPS) is 12.2. The molecule has 2 aromatic rings. The second kappa shape index (κ2) is 7.07. The Morgan fingerprint density at radius 1 is 1.35 bits per heavy atom. The largest absolute Gasteiger partial charge is 0.492 e. The van der Waals surface area contributed by atoms with E-state index in [4.69, 9.17) is 22.1 Å². The van der Waals surface area contributed by atoms with Crippen molar-refractivity contribution in [3.05, 3.63) is 57.3 Å². The van der Waals surface area contributed by atoms with Crippen molar-refractivity contribution in [3.8, 4) is 5.75 Å². The molecule has 0 amide bonds. The standard InChI is InChI=1S/C15H16BrClN2O/c1-2-5-20-12-6-10(8-19-9-12)15(18)13-4-3-11(17)7-14(13)16/h3-4,6-9,15H,2,5,18H2,1H3. The first kappa shape index (κ1) is 15.3. The van der Waals surface area contributed by atoms with Crippen LogP contribution in [0.4, 0.5) is 0 Å². The molecule has 0 saturated carbocycles. The maximum atomic E-state index is 6.30. The van der Waals surface area contributed by atoms with Gasteiger partial charge in [-0.25, -0.2) is 0 Å². The lowest BCUT2D eigenvalue weighted by Gasteiger charge is -2.15. The van der Waals surface area contributed by atoms with Crippen molar-refractivity contribution in [2.24, 2.45) is 5.73 Å². The molecule has 0 radical (unpaired) electrons. The molecule has 0 aliphatic rings. The summed E-state index contributed by atoms with van der Waals surface area (Å²) in [4.78, 5) is 4.18. The summed E-state index contributed by atoms with van der Waals surface area (Å²) >= 11 is 9.44. The second-order valence-corrected chi connectivity index (χ2v) is 5.74. The summed E-state index contributed by atoms with van der Waals surface area (Å²) in [5.41, 5.74) is 8.16. The molecule has 1 heterocycles. The quantitative estimate of drug-likeness (QED) is 0.868. The summed E-state index contributed by atoms with van der Waals surface area (Å²) < 4.78 is 6.47. The predicted octanol–water partition coefficient (Wildman–Crippen LogP) is 4.33. The van der Waals surface area contributed by atoms with Crippen LogP contribution in [0, 0.1) is 0 Å². The van der Waals surface area contributed by atoms with Gasteiger partial charge in [-0.15, -0.1) is 0 Å². The van der Waals surface area contributed by atoms with Crippen LogP contribution in [0.5, 0.6) is 5.75 Å². The molecule has 1 aromatic carbocycles. The number of hydrogen-bond donors (Lipinski definition) is 1. The summed E-state index contributed by atoms with van der Waals surface area (Å²) in [6, 6.07) is 7.22. The first-order valence-electron chi connectivity index (χ1n) is 6.40. The number of aromatic nitrogens is 1. The van der Waals surface area contributed by atoms with Gasteiger partial charge in [-0.05, 0) is 35.7 Å². The third-order valence-corrected chi connectivity index (χ3v) is 3.79. The van der Waals surface area contributed by atoms with Crippen LogP contribution in [0.1, 0.15) is 30.5 Å². The number of benzene rings is 1. The van der Waals surface area contributed by atoms with Crippen LogP contribution in [-0.2, 0) is 0 Å². The van der Waals surface area contributed by atoms with Gasteiger partial charge in [-0.2, -0.15) is 0 Å². The average Bonchev–Trinajstić information content (AvgIpc) is 2.45. The molecule has 20 heavy (non-hydrogen) atoms. The third-order valence-electron chi connectivity index (χ3n) is 2.86. The van der Waals surface area contributed by atoms with E-state index in [2.05, 4.69) is 27.8 Å². The van der Waals surface area contributed by atoms with E-state index in [1.54, 1.807) is 12.4 Å². The molecule has 2 rings (SSSR count). The van der Waals surface area contributed by atoms with Gasteiger partial charge in [-0.1, -0.05) is 40.5 Å². The van der Waals surface area contributed by atoms with E-state index in [-0.39, 0.29) is 6.04 Å². The summed E-state index contributed by atoms with van der Waals surface area (Å²) in [5.74, 6) is 0.741. The maximum absolute atomic E-state index is 6.30. The fourth-order valence-corrected chi connectivity index (χ4v) is 2.77. The second-order valence-electron chi connectivity index (χ2n) is 4.45. The fraction of sp³-hybridized carbons (Fsp3) is 0.267. The summed E-state index contributed by atoms with van der Waals surface area (Å²) in [7, 11) is 0. The molecule has 5 heteroatoms. The monoisotopic (exact) mass is 354 g/mol. The number of nitrogens with zero attached hydrogens (tertiary/aromatic N) is 1. The third kappa shape index (κ3) is 3.72. The molecule has 1 aromatic heterocycles. The van der Waals surface area contributed by atoms with Gasteiger partial charge >= 0.3 is 0 Å². The van der Waals surface area contributed by atoms with E-state index < -0.39 is 0 Å². The van der Waals surface area contributed by atoms with Crippen molar-refractivity contribution >= 4 is 27.5 Å². The molecule has 2 N–H and O–H groups in total. The SMILES string of the molecule is CCCOc1cncc(C(N)c2ccc(Cl)cc2Br)c1. The zero-order chi connectivity index (χ0) is 14.5. The van der Waals surface area contributed by atoms with Gasteiger partial charge in [0.2, 0.25) is 0 Å². The molecule has 0 aliphatic heterocycles. The number of ether oxygens (including phenoxy) is 1. The van der Waals surface area contributed by atoms with Crippen LogP contribution in [0.3, 0.4) is 0 Å². The Morgan fingerprint density at radius 3 is 2.85 bits per heavy atom. The van der Waals surface area contributed by atoms with Gasteiger partial charge in [0, 0.05) is 15.7 Å². The van der Waals surface area contributed by atoms with Crippen molar-refractivity contribution in [2.75, 3.05) is 6.61 Å². The topological polar surface area (TPSA) is 48.1 Å². The molecular formula is C15H16BrClN2O. The number of nitrogens with two attached hydrogens (primary N) is 1. The smallest absolute Gasteiger partial charge is 0.137 e. The lowest BCUT2D eigenvalue weighted by atomic mass is 10.0. The van der Waals surface area contributed by atoms with Crippen molar-refractivity contribution in [1.29, 1.82) is 0 Å². The molecule has 0 spiro atoms. The zero-order valence-corrected chi connectivity index (χ0v) is 13.5. The summed E-state index contributed by atoms with van der Waals surface area (Å²) in [6.45, 7) is 2.73. The van der Waals surface area contributed by atoms with E-state index in [0.717, 1.165) is 27.8 Å². The van der Waals surface area contributed by atoms with Crippen molar-refractivity contribution in [1.82, 2.24) is 4.98 Å². The molecule has 1 unspecified atom stereocenters. The van der Waals surface area contributed by atoms with Gasteiger partial charge < -0.3 is 10.5 Å². The van der Waals surface area contributed by atoms with E-state index >= 15 is 0 Å². The Hall–Kier alpha value is -1.10. The van der Waals surface area contributed by atoms with E-state index in [1.807, 2.05) is 24.3 Å². The van der Waals surface area contributed by atoms with E-state index in [9.17, 15) is 0 Å². The zero-order valence-electron chi connectivity index (χ0n) is 11.1. The van der Waals surface area contributed by atoms with Crippen molar-refractivity contribution in [2.45, 2.75) is 19.4 Å². The molecule has 0 fully saturated rings. The number of hydrogen-bond acceptors (Lipinski definition) is 3. The first-order chi connectivity index (χ1) is 9.61. The molecule has 3 nitrogen and oxygen atoms in total. The average molecular weight is 356 g/mol. The Morgan fingerprint density at radius 2 is 2.15 bits per heavy atom. The van der Waals surface area contributed by atoms with Crippen LogP contribution in [0.25, 0.3) is 0 Å². The van der Waals surface area contributed by atoms with Crippen LogP contribution >= 0.6 is 27.5 Å². The Labute approximate surface area is 132 Å². The van der Waals surface area contributed by atoms with Crippen LogP contribution in [-0.4, -0.2) is 11.6 Å². The minimum atomic E-state index is -0.278. The highest BCUT2D eigenvalue weighted by molar-refractivity contribution is 9.10. The molecule has 106 valence electrons. The highest BCUT2D eigenvalue weighted by Gasteiger charge is 2.13. The van der Waals surface area contributed by atoms with E-state index in [1.165, 1.54) is 0 Å².